The number of rotatable bonds is 5. The minimum atomic E-state index is -0.801. The smallest absolute Gasteiger partial charge is 0.162 e. The van der Waals surface area contributed by atoms with E-state index < -0.39 is 11.6 Å². The van der Waals surface area contributed by atoms with Gasteiger partial charge in [-0.2, -0.15) is 0 Å². The van der Waals surface area contributed by atoms with Gasteiger partial charge in [-0.15, -0.1) is 0 Å². The molecule has 0 aliphatic rings. The van der Waals surface area contributed by atoms with Gasteiger partial charge in [-0.1, -0.05) is 12.1 Å². The highest BCUT2D eigenvalue weighted by molar-refractivity contribution is 5.19. The van der Waals surface area contributed by atoms with Gasteiger partial charge in [0.15, 0.2) is 11.6 Å². The monoisotopic (exact) mass is 214 g/mol. The third-order valence-electron chi connectivity index (χ3n) is 2.52. The molecule has 0 amide bonds. The Bertz CT molecular complexity index is 311. The number of halogens is 2. The van der Waals surface area contributed by atoms with E-state index >= 15 is 0 Å². The first-order valence-electron chi connectivity index (χ1n) is 5.02. The second kappa shape index (κ2) is 5.78. The zero-order chi connectivity index (χ0) is 11.3. The molecule has 4 N–H and O–H groups in total. The second-order valence-corrected chi connectivity index (χ2v) is 3.59. The molecule has 0 aromatic heterocycles. The predicted molar refractivity (Wildman–Crippen MR) is 56.3 cm³/mol. The molecule has 0 saturated heterocycles. The van der Waals surface area contributed by atoms with Gasteiger partial charge in [-0.3, -0.25) is 0 Å². The summed E-state index contributed by atoms with van der Waals surface area (Å²) < 4.78 is 26.1. The third-order valence-corrected chi connectivity index (χ3v) is 2.52. The van der Waals surface area contributed by atoms with E-state index in [-0.39, 0.29) is 5.92 Å². The molecular weight excluding hydrogens is 198 g/mol. The first kappa shape index (κ1) is 12.1. The standard InChI is InChI=1S/C11H16F2N2/c12-10-3-1-2-9(11(10)13)5-4-8(6-14)7-15/h1-3,8H,4-7,14-15H2. The van der Waals surface area contributed by atoms with Crippen molar-refractivity contribution in [2.24, 2.45) is 17.4 Å². The van der Waals surface area contributed by atoms with E-state index in [1.54, 1.807) is 6.07 Å². The molecule has 0 radical (unpaired) electrons. The Morgan fingerprint density at radius 2 is 1.80 bits per heavy atom. The lowest BCUT2D eigenvalue weighted by atomic mass is 9.99. The highest BCUT2D eigenvalue weighted by atomic mass is 19.2. The van der Waals surface area contributed by atoms with Gasteiger partial charge in [-0.05, 0) is 43.5 Å². The molecule has 1 aromatic carbocycles. The van der Waals surface area contributed by atoms with Crippen LogP contribution in [-0.2, 0) is 6.42 Å². The number of benzene rings is 1. The van der Waals surface area contributed by atoms with Crippen molar-refractivity contribution in [1.29, 1.82) is 0 Å². The molecule has 0 bridgehead atoms. The van der Waals surface area contributed by atoms with Crippen molar-refractivity contribution in [3.8, 4) is 0 Å². The van der Waals surface area contributed by atoms with Gasteiger partial charge in [0, 0.05) is 0 Å². The van der Waals surface area contributed by atoms with Gasteiger partial charge >= 0.3 is 0 Å². The molecule has 15 heavy (non-hydrogen) atoms. The van der Waals surface area contributed by atoms with E-state index in [1.165, 1.54) is 6.07 Å². The van der Waals surface area contributed by atoms with E-state index in [4.69, 9.17) is 11.5 Å². The Morgan fingerprint density at radius 1 is 1.13 bits per heavy atom. The third kappa shape index (κ3) is 3.25. The summed E-state index contributed by atoms with van der Waals surface area (Å²) in [6.07, 6.45) is 1.16. The molecule has 4 heteroatoms. The molecule has 0 saturated carbocycles. The SMILES string of the molecule is NCC(CN)CCc1cccc(F)c1F. The Hall–Kier alpha value is -1.00. The van der Waals surface area contributed by atoms with Crippen LogP contribution < -0.4 is 11.5 Å². The normalized spacial score (nSPS) is 11.0. The molecule has 0 aliphatic carbocycles. The molecule has 0 atom stereocenters. The second-order valence-electron chi connectivity index (χ2n) is 3.59. The van der Waals surface area contributed by atoms with Crippen molar-refractivity contribution in [2.45, 2.75) is 12.8 Å². The minimum absolute atomic E-state index is 0.174. The van der Waals surface area contributed by atoms with Crippen LogP contribution in [0.3, 0.4) is 0 Å². The maximum absolute atomic E-state index is 13.2. The van der Waals surface area contributed by atoms with Crippen LogP contribution in [0.5, 0.6) is 0 Å². The van der Waals surface area contributed by atoms with Gasteiger partial charge in [0.1, 0.15) is 0 Å². The summed E-state index contributed by atoms with van der Waals surface area (Å²) in [5.41, 5.74) is 11.3. The van der Waals surface area contributed by atoms with Crippen LogP contribution in [0.2, 0.25) is 0 Å². The first-order chi connectivity index (χ1) is 7.19. The van der Waals surface area contributed by atoms with E-state index in [1.807, 2.05) is 0 Å². The molecule has 0 fully saturated rings. The van der Waals surface area contributed by atoms with E-state index in [2.05, 4.69) is 0 Å². The zero-order valence-corrected chi connectivity index (χ0v) is 8.55. The molecule has 1 aromatic rings. The quantitative estimate of drug-likeness (QED) is 0.779. The molecule has 0 heterocycles. The number of hydrogen-bond donors (Lipinski definition) is 2. The van der Waals surface area contributed by atoms with Crippen LogP contribution in [0, 0.1) is 17.6 Å². The largest absolute Gasteiger partial charge is 0.330 e. The number of nitrogens with two attached hydrogens (primary N) is 2. The van der Waals surface area contributed by atoms with Gasteiger partial charge in [0.05, 0.1) is 0 Å². The zero-order valence-electron chi connectivity index (χ0n) is 8.55. The van der Waals surface area contributed by atoms with Crippen LogP contribution in [0.1, 0.15) is 12.0 Å². The fraction of sp³-hybridized carbons (Fsp3) is 0.455. The summed E-state index contributed by atoms with van der Waals surface area (Å²) in [7, 11) is 0. The lowest BCUT2D eigenvalue weighted by molar-refractivity contribution is 0.475. The molecular formula is C11H16F2N2. The highest BCUT2D eigenvalue weighted by Gasteiger charge is 2.10. The summed E-state index contributed by atoms with van der Waals surface area (Å²) in [5, 5.41) is 0. The summed E-state index contributed by atoms with van der Waals surface area (Å²) in [4.78, 5) is 0. The Balaban J connectivity index is 2.61. The van der Waals surface area contributed by atoms with Crippen molar-refractivity contribution in [1.82, 2.24) is 0 Å². The van der Waals surface area contributed by atoms with Crippen molar-refractivity contribution < 1.29 is 8.78 Å². The van der Waals surface area contributed by atoms with Gasteiger partial charge in [0.25, 0.3) is 0 Å². The maximum Gasteiger partial charge on any atom is 0.162 e. The molecule has 0 unspecified atom stereocenters. The lowest BCUT2D eigenvalue weighted by Gasteiger charge is -2.11. The van der Waals surface area contributed by atoms with Crippen LogP contribution in [0.15, 0.2) is 18.2 Å². The highest BCUT2D eigenvalue weighted by Crippen LogP contribution is 2.15. The summed E-state index contributed by atoms with van der Waals surface area (Å²) in [6.45, 7) is 0.959. The molecule has 1 rings (SSSR count). The molecule has 84 valence electrons. The first-order valence-corrected chi connectivity index (χ1v) is 5.02. The van der Waals surface area contributed by atoms with E-state index in [0.29, 0.717) is 31.5 Å². The van der Waals surface area contributed by atoms with Crippen molar-refractivity contribution >= 4 is 0 Å². The average molecular weight is 214 g/mol. The van der Waals surface area contributed by atoms with Gasteiger partial charge in [-0.25, -0.2) is 8.78 Å². The van der Waals surface area contributed by atoms with Crippen molar-refractivity contribution in [3.63, 3.8) is 0 Å². The van der Waals surface area contributed by atoms with Gasteiger partial charge < -0.3 is 11.5 Å². The van der Waals surface area contributed by atoms with E-state index in [9.17, 15) is 8.78 Å². The minimum Gasteiger partial charge on any atom is -0.330 e. The summed E-state index contributed by atoms with van der Waals surface area (Å²) in [5.74, 6) is -1.39. The van der Waals surface area contributed by atoms with Crippen molar-refractivity contribution in [3.05, 3.63) is 35.4 Å². The Kier molecular flexibility index (Phi) is 4.65. The van der Waals surface area contributed by atoms with Crippen LogP contribution in [0.25, 0.3) is 0 Å². The molecule has 0 aliphatic heterocycles. The number of aryl methyl sites for hydroxylation is 1. The predicted octanol–water partition coefficient (Wildman–Crippen LogP) is 1.43. The van der Waals surface area contributed by atoms with E-state index in [0.717, 1.165) is 6.07 Å². The Labute approximate surface area is 88.3 Å². The van der Waals surface area contributed by atoms with Crippen LogP contribution >= 0.6 is 0 Å². The van der Waals surface area contributed by atoms with Crippen LogP contribution in [-0.4, -0.2) is 13.1 Å². The number of hydrogen-bond acceptors (Lipinski definition) is 2. The maximum atomic E-state index is 13.2. The average Bonchev–Trinajstić information content (AvgIpc) is 2.25. The van der Waals surface area contributed by atoms with Gasteiger partial charge in [0.2, 0.25) is 0 Å². The summed E-state index contributed by atoms with van der Waals surface area (Å²) in [6, 6.07) is 4.21. The van der Waals surface area contributed by atoms with Crippen LogP contribution in [0.4, 0.5) is 8.78 Å². The topological polar surface area (TPSA) is 52.0 Å². The van der Waals surface area contributed by atoms with Crippen molar-refractivity contribution in [2.75, 3.05) is 13.1 Å². The lowest BCUT2D eigenvalue weighted by Crippen LogP contribution is -2.23. The fourth-order valence-corrected chi connectivity index (χ4v) is 1.43. The fourth-order valence-electron chi connectivity index (χ4n) is 1.43. The Morgan fingerprint density at radius 3 is 2.40 bits per heavy atom. The molecule has 0 spiro atoms. The molecule has 2 nitrogen and oxygen atoms in total. The summed E-state index contributed by atoms with van der Waals surface area (Å²) >= 11 is 0.